The first-order valence-corrected chi connectivity index (χ1v) is 5.46. The van der Waals surface area contributed by atoms with Gasteiger partial charge in [-0.05, 0) is 41.7 Å². The Morgan fingerprint density at radius 1 is 1.33 bits per heavy atom. The maximum Gasteiger partial charge on any atom is 0.172 e. The van der Waals surface area contributed by atoms with Crippen LogP contribution in [0.2, 0.25) is 0 Å². The molecule has 0 aromatic heterocycles. The van der Waals surface area contributed by atoms with E-state index in [1.165, 1.54) is 0 Å². The van der Waals surface area contributed by atoms with Gasteiger partial charge < -0.3 is 15.9 Å². The fraction of sp³-hybridized carbons (Fsp3) is 0.400. The van der Waals surface area contributed by atoms with Crippen LogP contribution >= 0.6 is 15.9 Å². The van der Waals surface area contributed by atoms with Crippen LogP contribution in [0.4, 0.5) is 4.39 Å². The Morgan fingerprint density at radius 3 is 2.60 bits per heavy atom. The summed E-state index contributed by atoms with van der Waals surface area (Å²) >= 11 is 3.05. The number of unbranched alkanes of at least 4 members (excludes halogenated alkanes) is 1. The first-order chi connectivity index (χ1) is 7.07. The molecule has 5 heteroatoms. The lowest BCUT2D eigenvalue weighted by Crippen LogP contribution is -2.00. The molecular formula is C10H13BrFNO2. The van der Waals surface area contributed by atoms with E-state index < -0.39 is 11.6 Å². The monoisotopic (exact) mass is 277 g/mol. The number of phenols is 2. The zero-order valence-electron chi connectivity index (χ0n) is 8.13. The molecule has 0 fully saturated rings. The van der Waals surface area contributed by atoms with Crippen molar-refractivity contribution < 1.29 is 14.6 Å². The number of halogens is 2. The van der Waals surface area contributed by atoms with Gasteiger partial charge >= 0.3 is 0 Å². The van der Waals surface area contributed by atoms with Gasteiger partial charge in [-0.2, -0.15) is 0 Å². The topological polar surface area (TPSA) is 66.5 Å². The average molecular weight is 278 g/mol. The first kappa shape index (κ1) is 12.3. The maximum absolute atomic E-state index is 13.4. The summed E-state index contributed by atoms with van der Waals surface area (Å²) in [5, 5.41) is 18.5. The van der Waals surface area contributed by atoms with Crippen molar-refractivity contribution in [3.8, 4) is 11.5 Å². The quantitative estimate of drug-likeness (QED) is 0.584. The fourth-order valence-corrected chi connectivity index (χ4v) is 1.90. The third kappa shape index (κ3) is 2.82. The van der Waals surface area contributed by atoms with E-state index in [9.17, 15) is 9.50 Å². The Morgan fingerprint density at radius 2 is 2.00 bits per heavy atom. The number of aromatic hydroxyl groups is 2. The van der Waals surface area contributed by atoms with Crippen LogP contribution in [0.1, 0.15) is 18.4 Å². The molecule has 4 N–H and O–H groups in total. The van der Waals surface area contributed by atoms with Crippen LogP contribution in [0.15, 0.2) is 10.5 Å². The van der Waals surface area contributed by atoms with Gasteiger partial charge in [-0.3, -0.25) is 0 Å². The third-order valence-electron chi connectivity index (χ3n) is 2.15. The van der Waals surface area contributed by atoms with E-state index in [0.29, 0.717) is 18.5 Å². The smallest absolute Gasteiger partial charge is 0.172 e. The lowest BCUT2D eigenvalue weighted by molar-refractivity contribution is 0.395. The zero-order valence-corrected chi connectivity index (χ0v) is 9.72. The van der Waals surface area contributed by atoms with Crippen LogP contribution < -0.4 is 5.73 Å². The molecule has 0 radical (unpaired) electrons. The zero-order chi connectivity index (χ0) is 11.4. The van der Waals surface area contributed by atoms with Crippen molar-refractivity contribution in [2.45, 2.75) is 19.3 Å². The molecule has 0 amide bonds. The van der Waals surface area contributed by atoms with Gasteiger partial charge in [0.25, 0.3) is 0 Å². The van der Waals surface area contributed by atoms with Gasteiger partial charge in [-0.1, -0.05) is 0 Å². The molecule has 1 rings (SSSR count). The van der Waals surface area contributed by atoms with Gasteiger partial charge in [0.2, 0.25) is 0 Å². The second kappa shape index (κ2) is 5.32. The number of phenolic OH excluding ortho intramolecular Hbond substituents is 2. The molecule has 3 nitrogen and oxygen atoms in total. The summed E-state index contributed by atoms with van der Waals surface area (Å²) in [5.74, 6) is -1.30. The Labute approximate surface area is 95.9 Å². The molecule has 0 bridgehead atoms. The molecule has 0 atom stereocenters. The molecule has 84 valence electrons. The number of benzene rings is 1. The van der Waals surface area contributed by atoms with E-state index >= 15 is 0 Å². The fourth-order valence-electron chi connectivity index (χ4n) is 1.31. The Kier molecular flexibility index (Phi) is 4.35. The maximum atomic E-state index is 13.4. The number of nitrogens with two attached hydrogens (primary N) is 1. The average Bonchev–Trinajstić information content (AvgIpc) is 2.20. The molecular weight excluding hydrogens is 265 g/mol. The predicted octanol–water partition coefficient (Wildman–Crippen LogP) is 2.28. The highest BCUT2D eigenvalue weighted by Gasteiger charge is 2.14. The number of hydrogen-bond donors (Lipinski definition) is 3. The van der Waals surface area contributed by atoms with Crippen molar-refractivity contribution >= 4 is 15.9 Å². The minimum Gasteiger partial charge on any atom is -0.504 e. The minimum atomic E-state index is -0.519. The summed E-state index contributed by atoms with van der Waals surface area (Å²) in [4.78, 5) is 0. The van der Waals surface area contributed by atoms with Gasteiger partial charge in [0, 0.05) is 11.6 Å². The normalized spacial score (nSPS) is 10.6. The third-order valence-corrected chi connectivity index (χ3v) is 3.00. The summed E-state index contributed by atoms with van der Waals surface area (Å²) in [6.07, 6.45) is 2.03. The molecule has 1 aromatic rings. The van der Waals surface area contributed by atoms with Crippen molar-refractivity contribution in [1.29, 1.82) is 0 Å². The lowest BCUT2D eigenvalue weighted by atomic mass is 10.1. The molecule has 0 aliphatic rings. The van der Waals surface area contributed by atoms with E-state index in [4.69, 9.17) is 10.8 Å². The van der Waals surface area contributed by atoms with Gasteiger partial charge in [0.15, 0.2) is 11.5 Å². The lowest BCUT2D eigenvalue weighted by Gasteiger charge is -2.08. The molecule has 0 aliphatic heterocycles. The summed E-state index contributed by atoms with van der Waals surface area (Å²) in [7, 11) is 0. The molecule has 15 heavy (non-hydrogen) atoms. The van der Waals surface area contributed by atoms with E-state index in [1.54, 1.807) is 0 Å². The highest BCUT2D eigenvalue weighted by Crippen LogP contribution is 2.38. The Hall–Kier alpha value is -0.810. The number of hydrogen-bond acceptors (Lipinski definition) is 3. The van der Waals surface area contributed by atoms with E-state index in [-0.39, 0.29) is 10.2 Å². The van der Waals surface area contributed by atoms with Gasteiger partial charge in [-0.25, -0.2) is 4.39 Å². The summed E-state index contributed by atoms with van der Waals surface area (Å²) < 4.78 is 13.6. The molecule has 1 aromatic carbocycles. The number of rotatable bonds is 4. The van der Waals surface area contributed by atoms with Crippen molar-refractivity contribution in [1.82, 2.24) is 0 Å². The van der Waals surface area contributed by atoms with E-state index in [1.807, 2.05) is 0 Å². The Balaban J connectivity index is 2.92. The van der Waals surface area contributed by atoms with Crippen LogP contribution in [-0.2, 0) is 6.42 Å². The highest BCUT2D eigenvalue weighted by atomic mass is 79.9. The van der Waals surface area contributed by atoms with Crippen LogP contribution in [0, 0.1) is 5.82 Å². The second-order valence-electron chi connectivity index (χ2n) is 3.26. The molecule has 0 unspecified atom stereocenters. The van der Waals surface area contributed by atoms with Crippen LogP contribution in [0.25, 0.3) is 0 Å². The summed E-state index contributed by atoms with van der Waals surface area (Å²) in [5.41, 5.74) is 5.70. The second-order valence-corrected chi connectivity index (χ2v) is 4.06. The van der Waals surface area contributed by atoms with Gasteiger partial charge in [0.1, 0.15) is 5.82 Å². The minimum absolute atomic E-state index is 0.219. The molecule has 0 heterocycles. The van der Waals surface area contributed by atoms with Crippen LogP contribution in [0.3, 0.4) is 0 Å². The first-order valence-electron chi connectivity index (χ1n) is 4.66. The van der Waals surface area contributed by atoms with Gasteiger partial charge in [-0.15, -0.1) is 0 Å². The van der Waals surface area contributed by atoms with E-state index in [2.05, 4.69) is 15.9 Å². The SMILES string of the molecule is NCCCCc1c(F)cc(O)c(O)c1Br. The molecule has 0 saturated heterocycles. The van der Waals surface area contributed by atoms with E-state index in [0.717, 1.165) is 18.9 Å². The Bertz CT molecular complexity index is 358. The van der Waals surface area contributed by atoms with Crippen molar-refractivity contribution in [2.75, 3.05) is 6.54 Å². The standard InChI is InChI=1S/C10H13BrFNO2/c11-9-6(3-1-2-4-13)7(12)5-8(14)10(9)15/h5,14-15H,1-4,13H2. The van der Waals surface area contributed by atoms with Crippen molar-refractivity contribution in [3.05, 3.63) is 21.9 Å². The molecule has 0 spiro atoms. The summed E-state index contributed by atoms with van der Waals surface area (Å²) in [6.45, 7) is 0.559. The van der Waals surface area contributed by atoms with Crippen molar-refractivity contribution in [2.24, 2.45) is 5.73 Å². The summed E-state index contributed by atoms with van der Waals surface area (Å²) in [6, 6.07) is 0.915. The van der Waals surface area contributed by atoms with Crippen LogP contribution in [-0.4, -0.2) is 16.8 Å². The van der Waals surface area contributed by atoms with Gasteiger partial charge in [0.05, 0.1) is 4.47 Å². The largest absolute Gasteiger partial charge is 0.504 e. The highest BCUT2D eigenvalue weighted by molar-refractivity contribution is 9.10. The van der Waals surface area contributed by atoms with Crippen molar-refractivity contribution in [3.63, 3.8) is 0 Å². The molecule has 0 saturated carbocycles. The van der Waals surface area contributed by atoms with Crippen LogP contribution in [0.5, 0.6) is 11.5 Å². The predicted molar refractivity (Wildman–Crippen MR) is 59.4 cm³/mol. The molecule has 0 aliphatic carbocycles.